The first kappa shape index (κ1) is 7.74. The molecule has 0 aliphatic heterocycles. The van der Waals surface area contributed by atoms with Gasteiger partial charge in [0, 0.05) is 17.1 Å². The third-order valence-corrected chi connectivity index (χ3v) is 0.843. The summed E-state index contributed by atoms with van der Waals surface area (Å²) >= 11 is 0. The molecule has 1 rings (SSSR count). The molecular weight excluding hydrogens is 139 g/mol. The van der Waals surface area contributed by atoms with Gasteiger partial charge < -0.3 is 0 Å². The van der Waals surface area contributed by atoms with Gasteiger partial charge in [-0.15, -0.1) is 0 Å². The molecule has 1 aromatic carbocycles. The maximum Gasteiger partial charge on any atom is 0 e. The average Bonchev–Trinajstić information content (AvgIpc) is 1.69. The van der Waals surface area contributed by atoms with E-state index < -0.39 is 0 Å². The van der Waals surface area contributed by atoms with E-state index in [0.717, 1.165) is 5.56 Å². The fourth-order valence-corrected chi connectivity index (χ4v) is 0.478. The Morgan fingerprint density at radius 3 is 1.75 bits per heavy atom. The minimum absolute atomic E-state index is 0. The molecule has 1 heteroatoms. The second-order valence-corrected chi connectivity index (χ2v) is 1.49. The molecule has 1 aromatic rings. The van der Waals surface area contributed by atoms with Crippen molar-refractivity contribution in [1.29, 1.82) is 0 Å². The van der Waals surface area contributed by atoms with Crippen molar-refractivity contribution < 1.29 is 17.1 Å². The molecule has 8 heavy (non-hydrogen) atoms. The minimum Gasteiger partial charge on any atom is -0.0622 e. The maximum atomic E-state index is 3.72. The van der Waals surface area contributed by atoms with E-state index in [1.807, 2.05) is 30.3 Å². The molecule has 0 saturated heterocycles. The van der Waals surface area contributed by atoms with E-state index in [4.69, 9.17) is 0 Å². The van der Waals surface area contributed by atoms with Crippen molar-refractivity contribution in [2.45, 2.75) is 0 Å². The van der Waals surface area contributed by atoms with Crippen LogP contribution in [-0.4, -0.2) is 0 Å². The Labute approximate surface area is 60.4 Å². The van der Waals surface area contributed by atoms with Crippen LogP contribution < -0.4 is 0 Å². The molecule has 2 radical (unpaired) electrons. The third-order valence-electron chi connectivity index (χ3n) is 0.843. The van der Waals surface area contributed by atoms with E-state index in [0.29, 0.717) is 0 Å². The summed E-state index contributed by atoms with van der Waals surface area (Å²) < 4.78 is 0. The molecule has 0 bridgehead atoms. The smallest absolute Gasteiger partial charge is 0 e. The molecule has 0 spiro atoms. The molecule has 0 fully saturated rings. The zero-order chi connectivity index (χ0) is 5.11. The largest absolute Gasteiger partial charge is 0.0622 e. The van der Waals surface area contributed by atoms with Gasteiger partial charge in [0.05, 0.1) is 0 Å². The molecule has 0 amide bonds. The van der Waals surface area contributed by atoms with Crippen LogP contribution in [-0.2, 0) is 17.1 Å². The number of benzene rings is 1. The molecule has 0 aromatic heterocycles. The van der Waals surface area contributed by atoms with Crippen LogP contribution in [0.3, 0.4) is 0 Å². The molecule has 42 valence electrons. The fourth-order valence-electron chi connectivity index (χ4n) is 0.478. The molecule has 0 unspecified atom stereocenters. The predicted molar refractivity (Wildman–Crippen MR) is 30.9 cm³/mol. The van der Waals surface area contributed by atoms with E-state index in [1.165, 1.54) is 0 Å². The van der Waals surface area contributed by atoms with Gasteiger partial charge in [0.1, 0.15) is 0 Å². The van der Waals surface area contributed by atoms with E-state index in [9.17, 15) is 0 Å². The van der Waals surface area contributed by atoms with Gasteiger partial charge in [0.25, 0.3) is 0 Å². The van der Waals surface area contributed by atoms with Crippen molar-refractivity contribution in [2.75, 3.05) is 0 Å². The summed E-state index contributed by atoms with van der Waals surface area (Å²) in [5.41, 5.74) is 1.07. The Bertz CT molecular complexity index is 134. The number of hydrogen-bond donors (Lipinski definition) is 0. The van der Waals surface area contributed by atoms with Crippen LogP contribution >= 0.6 is 0 Å². The van der Waals surface area contributed by atoms with Gasteiger partial charge in [-0.2, -0.15) is 0 Å². The second kappa shape index (κ2) is 3.71. The molecule has 0 saturated carbocycles. The molecule has 0 N–H and O–H groups in total. The van der Waals surface area contributed by atoms with Crippen LogP contribution in [0.1, 0.15) is 5.56 Å². The first-order valence-corrected chi connectivity index (χ1v) is 2.26. The molecule has 0 aliphatic carbocycles. The van der Waals surface area contributed by atoms with Crippen LogP contribution in [0.4, 0.5) is 0 Å². The van der Waals surface area contributed by atoms with E-state index >= 15 is 0 Å². The summed E-state index contributed by atoms with van der Waals surface area (Å²) in [6.07, 6.45) is 0. The van der Waals surface area contributed by atoms with Crippen LogP contribution in [0.25, 0.3) is 0 Å². The van der Waals surface area contributed by atoms with Gasteiger partial charge in [-0.25, -0.2) is 0 Å². The van der Waals surface area contributed by atoms with Crippen LogP contribution in [0, 0.1) is 6.92 Å². The standard InChI is InChI=1S/C7H7.Mn/c1-7-5-3-2-4-6-7;/h2-6H,1H2;. The SMILES string of the molecule is [CH2]c1ccccc1.[Mn]. The zero-order valence-electron chi connectivity index (χ0n) is 4.47. The number of rotatable bonds is 0. The van der Waals surface area contributed by atoms with E-state index in [2.05, 4.69) is 6.92 Å². The van der Waals surface area contributed by atoms with Crippen molar-refractivity contribution in [3.63, 3.8) is 0 Å². The molecular formula is C7H7Mn. The maximum absolute atomic E-state index is 3.72. The molecule has 0 atom stereocenters. The summed E-state index contributed by atoms with van der Waals surface area (Å²) in [5, 5.41) is 0. The topological polar surface area (TPSA) is 0 Å². The summed E-state index contributed by atoms with van der Waals surface area (Å²) in [7, 11) is 0. The zero-order valence-corrected chi connectivity index (χ0v) is 5.65. The van der Waals surface area contributed by atoms with Gasteiger partial charge >= 0.3 is 0 Å². The van der Waals surface area contributed by atoms with Crippen LogP contribution in [0.5, 0.6) is 0 Å². The first-order chi connectivity index (χ1) is 3.39. The summed E-state index contributed by atoms with van der Waals surface area (Å²) in [5.74, 6) is 0. The Morgan fingerprint density at radius 2 is 1.50 bits per heavy atom. The second-order valence-electron chi connectivity index (χ2n) is 1.49. The molecule has 0 aliphatic rings. The van der Waals surface area contributed by atoms with Gasteiger partial charge in [0.15, 0.2) is 0 Å². The van der Waals surface area contributed by atoms with E-state index in [1.54, 1.807) is 0 Å². The Morgan fingerprint density at radius 1 is 1.00 bits per heavy atom. The van der Waals surface area contributed by atoms with Crippen molar-refractivity contribution in [3.8, 4) is 0 Å². The summed E-state index contributed by atoms with van der Waals surface area (Å²) in [4.78, 5) is 0. The van der Waals surface area contributed by atoms with Crippen LogP contribution in [0.15, 0.2) is 30.3 Å². The predicted octanol–water partition coefficient (Wildman–Crippen LogP) is 1.87. The normalized spacial score (nSPS) is 7.62. The van der Waals surface area contributed by atoms with Crippen molar-refractivity contribution in [2.24, 2.45) is 0 Å². The van der Waals surface area contributed by atoms with Gasteiger partial charge in [0.2, 0.25) is 0 Å². The van der Waals surface area contributed by atoms with Gasteiger partial charge in [-0.05, 0) is 12.5 Å². The minimum atomic E-state index is 0. The molecule has 0 heterocycles. The Balaban J connectivity index is 0.000000490. The Kier molecular flexibility index (Phi) is 3.59. The number of hydrogen-bond acceptors (Lipinski definition) is 0. The van der Waals surface area contributed by atoms with Crippen molar-refractivity contribution in [1.82, 2.24) is 0 Å². The van der Waals surface area contributed by atoms with Crippen LogP contribution in [0.2, 0.25) is 0 Å². The fraction of sp³-hybridized carbons (Fsp3) is 0. The average molecular weight is 146 g/mol. The van der Waals surface area contributed by atoms with E-state index in [-0.39, 0.29) is 17.1 Å². The summed E-state index contributed by atoms with van der Waals surface area (Å²) in [6.45, 7) is 3.72. The summed E-state index contributed by atoms with van der Waals surface area (Å²) in [6, 6.07) is 9.87. The van der Waals surface area contributed by atoms with Gasteiger partial charge in [-0.1, -0.05) is 30.3 Å². The van der Waals surface area contributed by atoms with Gasteiger partial charge in [-0.3, -0.25) is 0 Å². The first-order valence-electron chi connectivity index (χ1n) is 2.26. The monoisotopic (exact) mass is 146 g/mol. The third kappa shape index (κ3) is 2.15. The quantitative estimate of drug-likeness (QED) is 0.490. The van der Waals surface area contributed by atoms with Crippen molar-refractivity contribution in [3.05, 3.63) is 42.8 Å². The van der Waals surface area contributed by atoms with Crippen molar-refractivity contribution >= 4 is 0 Å². The Hall–Kier alpha value is -0.261. The molecule has 0 nitrogen and oxygen atoms in total.